The van der Waals surface area contributed by atoms with Gasteiger partial charge in [-0.2, -0.15) is 5.10 Å². The lowest BCUT2D eigenvalue weighted by atomic mass is 10.0. The van der Waals surface area contributed by atoms with Gasteiger partial charge in [-0.05, 0) is 31.3 Å². The van der Waals surface area contributed by atoms with Gasteiger partial charge >= 0.3 is 0 Å². The Morgan fingerprint density at radius 1 is 1.06 bits per heavy atom. The number of rotatable bonds is 6. The van der Waals surface area contributed by atoms with Crippen molar-refractivity contribution < 1.29 is 0 Å². The summed E-state index contributed by atoms with van der Waals surface area (Å²) < 4.78 is 0. The van der Waals surface area contributed by atoms with Crippen LogP contribution < -0.4 is 0 Å². The predicted octanol–water partition coefficient (Wildman–Crippen LogP) is 3.40. The molecule has 0 aliphatic carbocycles. The molecule has 0 aromatic rings. The summed E-state index contributed by atoms with van der Waals surface area (Å²) in [6, 6.07) is 0. The minimum atomic E-state index is 1.16. The maximum Gasteiger partial charge on any atom is 0.0540 e. The third-order valence-corrected chi connectivity index (χ3v) is 3.14. The first-order valence-electron chi connectivity index (χ1n) is 6.44. The van der Waals surface area contributed by atoms with Crippen molar-refractivity contribution in [1.29, 1.82) is 0 Å². The van der Waals surface area contributed by atoms with Gasteiger partial charge in [-0.1, -0.05) is 26.7 Å². The molecule has 16 heavy (non-hydrogen) atoms. The zero-order valence-corrected chi connectivity index (χ0v) is 11.2. The molecule has 0 atom stereocenters. The van der Waals surface area contributed by atoms with E-state index in [1.54, 1.807) is 0 Å². The molecule has 0 saturated heterocycles. The summed E-state index contributed by atoms with van der Waals surface area (Å²) in [5, 5.41) is 8.48. The maximum absolute atomic E-state index is 4.38. The van der Waals surface area contributed by atoms with Crippen LogP contribution in [0.2, 0.25) is 0 Å². The number of nitrogens with zero attached hydrogens (tertiary/aromatic N) is 3. The smallest absolute Gasteiger partial charge is 0.0540 e. The molecule has 1 rings (SSSR count). The topological polar surface area (TPSA) is 18.8 Å². The lowest BCUT2D eigenvalue weighted by Gasteiger charge is -2.34. The fourth-order valence-corrected chi connectivity index (χ4v) is 1.93. The summed E-state index contributed by atoms with van der Waals surface area (Å²) in [5.41, 5.74) is 2.88. The second-order valence-corrected chi connectivity index (χ2v) is 4.44. The van der Waals surface area contributed by atoms with Crippen LogP contribution in [0.1, 0.15) is 52.4 Å². The molecular weight excluding hydrogens is 198 g/mol. The molecule has 0 radical (unpaired) electrons. The van der Waals surface area contributed by atoms with Crippen molar-refractivity contribution in [2.75, 3.05) is 14.1 Å². The molecule has 0 spiro atoms. The van der Waals surface area contributed by atoms with E-state index in [2.05, 4.69) is 31.0 Å². The molecular formula is C13H25N3. The Morgan fingerprint density at radius 3 is 2.31 bits per heavy atom. The summed E-state index contributed by atoms with van der Waals surface area (Å²) in [5.74, 6) is 0. The van der Waals surface area contributed by atoms with Crippen molar-refractivity contribution in [3.63, 3.8) is 0 Å². The minimum absolute atomic E-state index is 1.16. The molecule has 0 saturated carbocycles. The average molecular weight is 223 g/mol. The number of allylic oxidation sites excluding steroid dienone is 2. The average Bonchev–Trinajstić information content (AvgIpc) is 2.29. The van der Waals surface area contributed by atoms with Crippen molar-refractivity contribution in [1.82, 2.24) is 10.1 Å². The van der Waals surface area contributed by atoms with Gasteiger partial charge in [-0.15, -0.1) is 0 Å². The Hall–Kier alpha value is -0.990. The predicted molar refractivity (Wildman–Crippen MR) is 70.1 cm³/mol. The van der Waals surface area contributed by atoms with Crippen LogP contribution in [0.25, 0.3) is 0 Å². The minimum Gasteiger partial charge on any atom is -0.277 e. The summed E-state index contributed by atoms with van der Waals surface area (Å²) >= 11 is 0. The molecule has 1 aliphatic heterocycles. The zero-order chi connectivity index (χ0) is 12.0. The monoisotopic (exact) mass is 223 g/mol. The maximum atomic E-state index is 4.38. The van der Waals surface area contributed by atoms with Crippen molar-refractivity contribution in [3.8, 4) is 0 Å². The van der Waals surface area contributed by atoms with Crippen LogP contribution in [-0.2, 0) is 0 Å². The first-order chi connectivity index (χ1) is 7.70. The van der Waals surface area contributed by atoms with E-state index in [1.807, 2.05) is 18.4 Å². The number of hydrogen-bond acceptors (Lipinski definition) is 3. The Labute approximate surface area is 99.8 Å². The van der Waals surface area contributed by atoms with Crippen LogP contribution >= 0.6 is 0 Å². The van der Waals surface area contributed by atoms with Gasteiger partial charge in [0.05, 0.1) is 6.21 Å². The third kappa shape index (κ3) is 3.26. The van der Waals surface area contributed by atoms with E-state index >= 15 is 0 Å². The first-order valence-corrected chi connectivity index (χ1v) is 6.44. The van der Waals surface area contributed by atoms with Crippen LogP contribution in [0, 0.1) is 0 Å². The summed E-state index contributed by atoms with van der Waals surface area (Å²) in [4.78, 5) is 0. The molecule has 0 unspecified atom stereocenters. The highest BCUT2D eigenvalue weighted by Crippen LogP contribution is 2.23. The Kier molecular flexibility index (Phi) is 5.36. The molecule has 1 heterocycles. The number of hydrogen-bond donors (Lipinski definition) is 0. The van der Waals surface area contributed by atoms with E-state index < -0.39 is 0 Å². The second kappa shape index (κ2) is 6.56. The van der Waals surface area contributed by atoms with Gasteiger partial charge in [0.25, 0.3) is 0 Å². The molecule has 92 valence electrons. The summed E-state index contributed by atoms with van der Waals surface area (Å²) in [6.45, 7) is 4.48. The quantitative estimate of drug-likeness (QED) is 0.687. The Bertz CT molecular complexity index is 268. The molecule has 0 amide bonds. The van der Waals surface area contributed by atoms with Gasteiger partial charge < -0.3 is 0 Å². The number of unbranched alkanes of at least 4 members (excludes halogenated alkanes) is 2. The van der Waals surface area contributed by atoms with Gasteiger partial charge in [0.2, 0.25) is 0 Å². The zero-order valence-electron chi connectivity index (χ0n) is 11.2. The van der Waals surface area contributed by atoms with E-state index in [0.717, 1.165) is 6.42 Å². The SMILES string of the molecule is CCCCC1=C(CCCC)N(C)N(C)N=C1. The van der Waals surface area contributed by atoms with Crippen molar-refractivity contribution in [2.24, 2.45) is 5.10 Å². The highest BCUT2D eigenvalue weighted by molar-refractivity contribution is 5.79. The van der Waals surface area contributed by atoms with Gasteiger partial charge in [-0.25, -0.2) is 5.12 Å². The lowest BCUT2D eigenvalue weighted by molar-refractivity contribution is 0.0595. The van der Waals surface area contributed by atoms with E-state index in [0.29, 0.717) is 0 Å². The third-order valence-electron chi connectivity index (χ3n) is 3.14. The number of hydrazone groups is 1. The second-order valence-electron chi connectivity index (χ2n) is 4.44. The lowest BCUT2D eigenvalue weighted by Crippen LogP contribution is -2.35. The molecule has 0 N–H and O–H groups in total. The van der Waals surface area contributed by atoms with E-state index in [9.17, 15) is 0 Å². The van der Waals surface area contributed by atoms with Crippen molar-refractivity contribution >= 4 is 6.21 Å². The molecule has 3 nitrogen and oxygen atoms in total. The molecule has 0 fully saturated rings. The summed E-state index contributed by atoms with van der Waals surface area (Å²) in [7, 11) is 4.10. The van der Waals surface area contributed by atoms with Crippen molar-refractivity contribution in [2.45, 2.75) is 52.4 Å². The highest BCUT2D eigenvalue weighted by atomic mass is 15.8. The Balaban J connectivity index is 2.75. The van der Waals surface area contributed by atoms with Crippen LogP contribution in [0.3, 0.4) is 0 Å². The molecule has 0 aromatic carbocycles. The van der Waals surface area contributed by atoms with Crippen LogP contribution in [-0.4, -0.2) is 30.4 Å². The van der Waals surface area contributed by atoms with Crippen LogP contribution in [0.4, 0.5) is 0 Å². The van der Waals surface area contributed by atoms with E-state index in [1.165, 1.54) is 43.4 Å². The first kappa shape index (κ1) is 13.1. The summed E-state index contributed by atoms with van der Waals surface area (Å²) in [6.07, 6.45) is 9.39. The largest absolute Gasteiger partial charge is 0.277 e. The van der Waals surface area contributed by atoms with Gasteiger partial charge in [0.15, 0.2) is 0 Å². The fourth-order valence-electron chi connectivity index (χ4n) is 1.93. The van der Waals surface area contributed by atoms with Crippen LogP contribution in [0.15, 0.2) is 16.4 Å². The van der Waals surface area contributed by atoms with Gasteiger partial charge in [0, 0.05) is 19.8 Å². The molecule has 0 aromatic heterocycles. The van der Waals surface area contributed by atoms with E-state index in [4.69, 9.17) is 0 Å². The van der Waals surface area contributed by atoms with E-state index in [-0.39, 0.29) is 0 Å². The normalized spacial score (nSPS) is 16.2. The van der Waals surface area contributed by atoms with Crippen LogP contribution in [0.5, 0.6) is 0 Å². The Morgan fingerprint density at radius 2 is 1.69 bits per heavy atom. The molecule has 0 bridgehead atoms. The molecule has 3 heteroatoms. The number of hydrazine groups is 1. The standard InChI is InChI=1S/C13H25N3/c1-5-7-9-12-11-14-16(4)15(3)13(12)10-8-6-2/h11H,5-10H2,1-4H3. The van der Waals surface area contributed by atoms with Crippen molar-refractivity contribution in [3.05, 3.63) is 11.3 Å². The van der Waals surface area contributed by atoms with Gasteiger partial charge in [0.1, 0.15) is 0 Å². The molecule has 1 aliphatic rings. The fraction of sp³-hybridized carbons (Fsp3) is 0.769. The van der Waals surface area contributed by atoms with Gasteiger partial charge in [-0.3, -0.25) is 5.01 Å². The highest BCUT2D eigenvalue weighted by Gasteiger charge is 2.16.